The Kier molecular flexibility index (Phi) is 4.45. The molecule has 0 saturated carbocycles. The summed E-state index contributed by atoms with van der Waals surface area (Å²) >= 11 is 3.03. The molecule has 2 aliphatic rings. The number of aromatic nitrogens is 1. The highest BCUT2D eigenvalue weighted by atomic mass is 32.2. The van der Waals surface area contributed by atoms with Gasteiger partial charge in [-0.3, -0.25) is 9.59 Å². The molecule has 0 radical (unpaired) electrons. The average molecular weight is 361 g/mol. The normalized spacial score (nSPS) is 21.2. The Balaban J connectivity index is 1.45. The number of thioether (sulfide) groups is 1. The quantitative estimate of drug-likeness (QED) is 0.836. The molecule has 0 bridgehead atoms. The van der Waals surface area contributed by atoms with E-state index in [1.165, 1.54) is 16.5 Å². The van der Waals surface area contributed by atoms with E-state index in [1.807, 2.05) is 23.1 Å². The van der Waals surface area contributed by atoms with Crippen molar-refractivity contribution < 1.29 is 9.59 Å². The fraction of sp³-hybridized carbons (Fsp3) is 0.471. The van der Waals surface area contributed by atoms with Gasteiger partial charge in [0.25, 0.3) is 5.24 Å². The number of carbonyl (C=O) groups is 2. The summed E-state index contributed by atoms with van der Waals surface area (Å²) in [5, 5.41) is 1.14. The van der Waals surface area contributed by atoms with E-state index in [2.05, 4.69) is 6.07 Å². The molecule has 1 aromatic carbocycles. The van der Waals surface area contributed by atoms with E-state index in [0.29, 0.717) is 13.0 Å². The van der Waals surface area contributed by atoms with Gasteiger partial charge < -0.3 is 9.80 Å². The minimum absolute atomic E-state index is 0.0959. The van der Waals surface area contributed by atoms with Gasteiger partial charge >= 0.3 is 0 Å². The first-order valence-corrected chi connectivity index (χ1v) is 10.1. The van der Waals surface area contributed by atoms with E-state index < -0.39 is 0 Å². The van der Waals surface area contributed by atoms with Gasteiger partial charge in [-0.05, 0) is 25.0 Å². The number of likely N-dealkylation sites (tertiary alicyclic amines) is 1. The van der Waals surface area contributed by atoms with Crippen molar-refractivity contribution in [1.82, 2.24) is 14.8 Å². The van der Waals surface area contributed by atoms with Crippen LogP contribution < -0.4 is 0 Å². The molecule has 5 nitrogen and oxygen atoms in total. The first-order valence-electron chi connectivity index (χ1n) is 8.29. The summed E-state index contributed by atoms with van der Waals surface area (Å²) in [6, 6.07) is 8.21. The highest BCUT2D eigenvalue weighted by Crippen LogP contribution is 2.36. The lowest BCUT2D eigenvalue weighted by Gasteiger charge is -2.24. The third-order valence-corrected chi connectivity index (χ3v) is 6.64. The van der Waals surface area contributed by atoms with Gasteiger partial charge in [0.05, 0.1) is 16.3 Å². The van der Waals surface area contributed by atoms with Crippen molar-refractivity contribution in [3.05, 3.63) is 29.3 Å². The lowest BCUT2D eigenvalue weighted by atomic mass is 10.2. The van der Waals surface area contributed by atoms with Crippen LogP contribution in [0.2, 0.25) is 0 Å². The number of nitrogens with zero attached hydrogens (tertiary/aromatic N) is 3. The van der Waals surface area contributed by atoms with Crippen LogP contribution in [0.3, 0.4) is 0 Å². The second kappa shape index (κ2) is 6.72. The molecule has 3 heterocycles. The molecule has 0 N–H and O–H groups in total. The first-order chi connectivity index (χ1) is 11.7. The van der Waals surface area contributed by atoms with Crippen molar-refractivity contribution in [2.24, 2.45) is 0 Å². The van der Waals surface area contributed by atoms with Crippen molar-refractivity contribution in [3.63, 3.8) is 0 Å². The number of carbonyl (C=O) groups excluding carboxylic acids is 2. The molecule has 1 atom stereocenters. The SMILES string of the molecule is O=C1SCCN1CCC(=O)N1CCCC1c1nc2ccccc2s1. The Morgan fingerprint density at radius 2 is 2.17 bits per heavy atom. The number of amides is 2. The molecule has 24 heavy (non-hydrogen) atoms. The molecule has 0 aliphatic carbocycles. The molecule has 0 spiro atoms. The van der Waals surface area contributed by atoms with Gasteiger partial charge in [0, 0.05) is 31.8 Å². The zero-order chi connectivity index (χ0) is 16.5. The topological polar surface area (TPSA) is 53.5 Å². The van der Waals surface area contributed by atoms with Crippen LogP contribution >= 0.6 is 23.1 Å². The lowest BCUT2D eigenvalue weighted by Crippen LogP contribution is -2.34. The molecule has 1 aromatic heterocycles. The molecule has 7 heteroatoms. The number of hydrogen-bond donors (Lipinski definition) is 0. The van der Waals surface area contributed by atoms with Gasteiger partial charge in [-0.25, -0.2) is 4.98 Å². The third kappa shape index (κ3) is 3.02. The molecular weight excluding hydrogens is 342 g/mol. The Hall–Kier alpha value is -1.60. The summed E-state index contributed by atoms with van der Waals surface area (Å²) in [6.45, 7) is 2.09. The monoisotopic (exact) mass is 361 g/mol. The predicted octanol–water partition coefficient (Wildman–Crippen LogP) is 3.52. The van der Waals surface area contributed by atoms with Crippen molar-refractivity contribution in [3.8, 4) is 0 Å². The number of benzene rings is 1. The number of thiazole rings is 1. The minimum Gasteiger partial charge on any atom is -0.333 e. The highest BCUT2D eigenvalue weighted by molar-refractivity contribution is 8.13. The van der Waals surface area contributed by atoms with Crippen molar-refractivity contribution in [2.75, 3.05) is 25.4 Å². The van der Waals surface area contributed by atoms with Gasteiger partial charge in [-0.1, -0.05) is 23.9 Å². The standard InChI is InChI=1S/C17H19N3O2S2/c21-15(7-9-19-10-11-23-17(19)22)20-8-3-5-13(20)16-18-12-4-1-2-6-14(12)24-16/h1-2,4,6,13H,3,5,7-11H2. The van der Waals surface area contributed by atoms with E-state index in [-0.39, 0.29) is 17.2 Å². The van der Waals surface area contributed by atoms with Crippen LogP contribution in [0.1, 0.15) is 30.3 Å². The van der Waals surface area contributed by atoms with Crippen LogP contribution in [-0.4, -0.2) is 51.3 Å². The fourth-order valence-electron chi connectivity index (χ4n) is 3.36. The van der Waals surface area contributed by atoms with E-state index in [0.717, 1.165) is 42.2 Å². The van der Waals surface area contributed by atoms with E-state index in [4.69, 9.17) is 4.98 Å². The second-order valence-corrected chi connectivity index (χ2v) is 8.22. The summed E-state index contributed by atoms with van der Waals surface area (Å²) in [5.41, 5.74) is 1.01. The Labute approximate surface area is 149 Å². The molecular formula is C17H19N3O2S2. The zero-order valence-corrected chi connectivity index (χ0v) is 14.9. The fourth-order valence-corrected chi connectivity index (χ4v) is 5.32. The lowest BCUT2D eigenvalue weighted by molar-refractivity contribution is -0.132. The van der Waals surface area contributed by atoms with E-state index in [9.17, 15) is 9.59 Å². The molecule has 1 unspecified atom stereocenters. The van der Waals surface area contributed by atoms with Crippen molar-refractivity contribution in [2.45, 2.75) is 25.3 Å². The molecule has 2 fully saturated rings. The molecule has 2 amide bonds. The maximum Gasteiger partial charge on any atom is 0.281 e. The van der Waals surface area contributed by atoms with Gasteiger partial charge in [0.2, 0.25) is 5.91 Å². The van der Waals surface area contributed by atoms with Crippen LogP contribution in [-0.2, 0) is 4.79 Å². The maximum atomic E-state index is 12.7. The van der Waals surface area contributed by atoms with Crippen LogP contribution in [0.25, 0.3) is 10.2 Å². The van der Waals surface area contributed by atoms with Gasteiger partial charge in [0.1, 0.15) is 5.01 Å². The van der Waals surface area contributed by atoms with Crippen LogP contribution in [0.15, 0.2) is 24.3 Å². The summed E-state index contributed by atoms with van der Waals surface area (Å²) in [7, 11) is 0. The van der Waals surface area contributed by atoms with E-state index in [1.54, 1.807) is 16.2 Å². The second-order valence-electron chi connectivity index (χ2n) is 6.12. The minimum atomic E-state index is 0.0959. The number of hydrogen-bond acceptors (Lipinski definition) is 5. The molecule has 2 saturated heterocycles. The zero-order valence-electron chi connectivity index (χ0n) is 13.3. The Morgan fingerprint density at radius 1 is 1.29 bits per heavy atom. The highest BCUT2D eigenvalue weighted by Gasteiger charge is 2.32. The number of rotatable bonds is 4. The summed E-state index contributed by atoms with van der Waals surface area (Å²) in [6.07, 6.45) is 2.41. The summed E-state index contributed by atoms with van der Waals surface area (Å²) in [4.78, 5) is 32.8. The molecule has 4 rings (SSSR count). The van der Waals surface area contributed by atoms with Gasteiger partial charge in [0.15, 0.2) is 0 Å². The predicted molar refractivity (Wildman–Crippen MR) is 97.4 cm³/mol. The van der Waals surface area contributed by atoms with Crippen LogP contribution in [0, 0.1) is 0 Å². The maximum absolute atomic E-state index is 12.7. The largest absolute Gasteiger partial charge is 0.333 e. The average Bonchev–Trinajstić information content (AvgIpc) is 3.31. The summed E-state index contributed by atoms with van der Waals surface area (Å²) in [5.74, 6) is 0.979. The van der Waals surface area contributed by atoms with Crippen molar-refractivity contribution in [1.29, 1.82) is 0 Å². The van der Waals surface area contributed by atoms with E-state index >= 15 is 0 Å². The van der Waals surface area contributed by atoms with Crippen LogP contribution in [0.5, 0.6) is 0 Å². The molecule has 2 aliphatic heterocycles. The Morgan fingerprint density at radius 3 is 2.96 bits per heavy atom. The first kappa shape index (κ1) is 15.9. The molecule has 2 aromatic rings. The van der Waals surface area contributed by atoms with Gasteiger partial charge in [-0.15, -0.1) is 11.3 Å². The van der Waals surface area contributed by atoms with Crippen LogP contribution in [0.4, 0.5) is 4.79 Å². The number of para-hydroxylation sites is 1. The Bertz CT molecular complexity index is 743. The van der Waals surface area contributed by atoms with Gasteiger partial charge in [-0.2, -0.15) is 0 Å². The molecule has 126 valence electrons. The summed E-state index contributed by atoms with van der Waals surface area (Å²) < 4.78 is 1.17. The number of fused-ring (bicyclic) bond motifs is 1. The smallest absolute Gasteiger partial charge is 0.281 e. The van der Waals surface area contributed by atoms with Crippen molar-refractivity contribution >= 4 is 44.5 Å². The third-order valence-electron chi connectivity index (χ3n) is 4.61.